The summed E-state index contributed by atoms with van der Waals surface area (Å²) in [5.41, 5.74) is 4.46. The number of hydrogen-bond acceptors (Lipinski definition) is 5. The second kappa shape index (κ2) is 9.09. The molecule has 2 aliphatic rings. The lowest BCUT2D eigenvalue weighted by molar-refractivity contribution is -0.133. The maximum absolute atomic E-state index is 12.5. The van der Waals surface area contributed by atoms with Gasteiger partial charge in [0.1, 0.15) is 6.26 Å². The molecule has 156 valence electrons. The van der Waals surface area contributed by atoms with Gasteiger partial charge in [0.2, 0.25) is 11.8 Å². The number of likely N-dealkylation sites (tertiary alicyclic amines) is 1. The van der Waals surface area contributed by atoms with Gasteiger partial charge < -0.3 is 9.32 Å². The molecule has 2 aromatic rings. The number of oxazole rings is 1. The Hall–Kier alpha value is -2.18. The lowest BCUT2D eigenvalue weighted by Crippen LogP contribution is -2.50. The standard InChI is InChI=1S/C23H32N4O2/c1-18-6-7-21(19(2)14-18)23-24-20(17-29-23)15-25-10-12-26(13-11-25)16-22(28)27-8-4-3-5-9-27/h6-7,14,17H,3-5,8-13,15-16H2,1-2H3. The highest BCUT2D eigenvalue weighted by Gasteiger charge is 2.23. The van der Waals surface area contributed by atoms with Crippen LogP contribution in [-0.2, 0) is 11.3 Å². The third-order valence-corrected chi connectivity index (χ3v) is 6.08. The molecule has 0 bridgehead atoms. The maximum Gasteiger partial charge on any atom is 0.236 e. The summed E-state index contributed by atoms with van der Waals surface area (Å²) in [6.07, 6.45) is 5.35. The van der Waals surface area contributed by atoms with Crippen molar-refractivity contribution < 1.29 is 9.21 Å². The van der Waals surface area contributed by atoms with Crippen LogP contribution in [0.15, 0.2) is 28.9 Å². The van der Waals surface area contributed by atoms with Crippen LogP contribution in [0.3, 0.4) is 0 Å². The van der Waals surface area contributed by atoms with E-state index in [2.05, 4.69) is 41.8 Å². The second-order valence-electron chi connectivity index (χ2n) is 8.46. The number of carbonyl (C=O) groups is 1. The Morgan fingerprint density at radius 2 is 1.72 bits per heavy atom. The fourth-order valence-corrected chi connectivity index (χ4v) is 4.33. The molecule has 1 aromatic carbocycles. The van der Waals surface area contributed by atoms with Crippen LogP contribution in [0, 0.1) is 13.8 Å². The molecule has 0 unspecified atom stereocenters. The molecule has 3 heterocycles. The minimum atomic E-state index is 0.299. The van der Waals surface area contributed by atoms with E-state index in [4.69, 9.17) is 9.40 Å². The van der Waals surface area contributed by atoms with Crippen LogP contribution in [0.2, 0.25) is 0 Å². The third-order valence-electron chi connectivity index (χ3n) is 6.08. The number of nitrogens with zero attached hydrogens (tertiary/aromatic N) is 4. The molecule has 1 aromatic heterocycles. The number of aromatic nitrogens is 1. The highest BCUT2D eigenvalue weighted by atomic mass is 16.3. The quantitative estimate of drug-likeness (QED) is 0.777. The van der Waals surface area contributed by atoms with Crippen LogP contribution < -0.4 is 0 Å². The Balaban J connectivity index is 1.27. The number of rotatable bonds is 5. The maximum atomic E-state index is 12.5. The molecule has 6 heteroatoms. The number of benzene rings is 1. The van der Waals surface area contributed by atoms with E-state index in [0.717, 1.165) is 69.9 Å². The molecule has 2 fully saturated rings. The van der Waals surface area contributed by atoms with Crippen LogP contribution in [0.25, 0.3) is 11.5 Å². The van der Waals surface area contributed by atoms with Crippen molar-refractivity contribution in [3.05, 3.63) is 41.3 Å². The first-order valence-corrected chi connectivity index (χ1v) is 10.8. The Kier molecular flexibility index (Phi) is 6.31. The van der Waals surface area contributed by atoms with Gasteiger partial charge >= 0.3 is 0 Å². The minimum Gasteiger partial charge on any atom is -0.444 e. The van der Waals surface area contributed by atoms with Crippen molar-refractivity contribution in [2.75, 3.05) is 45.8 Å². The molecule has 2 aliphatic heterocycles. The van der Waals surface area contributed by atoms with Gasteiger partial charge in [-0.15, -0.1) is 0 Å². The third kappa shape index (κ3) is 5.06. The first kappa shape index (κ1) is 20.1. The van der Waals surface area contributed by atoms with Crippen molar-refractivity contribution in [3.63, 3.8) is 0 Å². The molecule has 0 radical (unpaired) electrons. The molecule has 0 saturated carbocycles. The Morgan fingerprint density at radius 3 is 2.45 bits per heavy atom. The zero-order valence-electron chi connectivity index (χ0n) is 17.7. The lowest BCUT2D eigenvalue weighted by atomic mass is 10.1. The number of hydrogen-bond donors (Lipinski definition) is 0. The monoisotopic (exact) mass is 396 g/mol. The van der Waals surface area contributed by atoms with Gasteiger partial charge in [0.05, 0.1) is 12.2 Å². The SMILES string of the molecule is Cc1ccc(-c2nc(CN3CCN(CC(=O)N4CCCCC4)CC3)co2)c(C)c1. The number of piperazine rings is 1. The Bertz CT molecular complexity index is 833. The van der Waals surface area contributed by atoms with Gasteiger partial charge in [0.25, 0.3) is 0 Å². The van der Waals surface area contributed by atoms with Crippen molar-refractivity contribution in [2.45, 2.75) is 39.7 Å². The Morgan fingerprint density at radius 1 is 1.00 bits per heavy atom. The molecule has 2 saturated heterocycles. The smallest absolute Gasteiger partial charge is 0.236 e. The molecule has 0 spiro atoms. The molecule has 0 atom stereocenters. The lowest BCUT2D eigenvalue weighted by Gasteiger charge is -2.35. The molecular formula is C23H32N4O2. The summed E-state index contributed by atoms with van der Waals surface area (Å²) in [5.74, 6) is 0.996. The van der Waals surface area contributed by atoms with Gasteiger partial charge in [-0.3, -0.25) is 14.6 Å². The van der Waals surface area contributed by atoms with Crippen LogP contribution in [0.4, 0.5) is 0 Å². The van der Waals surface area contributed by atoms with Crippen LogP contribution >= 0.6 is 0 Å². The van der Waals surface area contributed by atoms with Crippen molar-refractivity contribution in [2.24, 2.45) is 0 Å². The average molecular weight is 397 g/mol. The number of piperidine rings is 1. The Labute approximate surface area is 173 Å². The van der Waals surface area contributed by atoms with E-state index in [9.17, 15) is 4.79 Å². The zero-order chi connectivity index (χ0) is 20.2. The summed E-state index contributed by atoms with van der Waals surface area (Å²) >= 11 is 0. The minimum absolute atomic E-state index is 0.299. The van der Waals surface area contributed by atoms with Gasteiger partial charge in [0.15, 0.2) is 0 Å². The number of carbonyl (C=O) groups excluding carboxylic acids is 1. The van der Waals surface area contributed by atoms with Crippen molar-refractivity contribution >= 4 is 5.91 Å². The fourth-order valence-electron chi connectivity index (χ4n) is 4.33. The molecular weight excluding hydrogens is 364 g/mol. The molecule has 6 nitrogen and oxygen atoms in total. The van der Waals surface area contributed by atoms with Gasteiger partial charge in [-0.05, 0) is 44.7 Å². The van der Waals surface area contributed by atoms with Crippen LogP contribution in [0.5, 0.6) is 0 Å². The van der Waals surface area contributed by atoms with E-state index in [1.54, 1.807) is 6.26 Å². The zero-order valence-corrected chi connectivity index (χ0v) is 17.7. The normalized spacial score (nSPS) is 18.9. The van der Waals surface area contributed by atoms with E-state index in [0.29, 0.717) is 18.3 Å². The van der Waals surface area contributed by atoms with Crippen LogP contribution in [0.1, 0.15) is 36.1 Å². The first-order chi connectivity index (χ1) is 14.1. The van der Waals surface area contributed by atoms with E-state index < -0.39 is 0 Å². The highest BCUT2D eigenvalue weighted by Crippen LogP contribution is 2.24. The van der Waals surface area contributed by atoms with Gasteiger partial charge in [-0.2, -0.15) is 0 Å². The predicted molar refractivity (Wildman–Crippen MR) is 114 cm³/mol. The van der Waals surface area contributed by atoms with E-state index in [1.165, 1.54) is 17.5 Å². The first-order valence-electron chi connectivity index (χ1n) is 10.8. The highest BCUT2D eigenvalue weighted by molar-refractivity contribution is 5.78. The summed E-state index contributed by atoms with van der Waals surface area (Å²) in [4.78, 5) is 23.9. The summed E-state index contributed by atoms with van der Waals surface area (Å²) in [6.45, 7) is 11.2. The fraction of sp³-hybridized carbons (Fsp3) is 0.565. The van der Waals surface area contributed by atoms with Gasteiger partial charge in [0, 0.05) is 51.4 Å². The largest absolute Gasteiger partial charge is 0.444 e. The van der Waals surface area contributed by atoms with E-state index in [-0.39, 0.29) is 0 Å². The van der Waals surface area contributed by atoms with Gasteiger partial charge in [-0.25, -0.2) is 4.98 Å². The van der Waals surface area contributed by atoms with Crippen molar-refractivity contribution in [1.29, 1.82) is 0 Å². The summed E-state index contributed by atoms with van der Waals surface area (Å²) < 4.78 is 5.76. The average Bonchev–Trinajstić information content (AvgIpc) is 3.18. The molecule has 29 heavy (non-hydrogen) atoms. The van der Waals surface area contributed by atoms with E-state index >= 15 is 0 Å². The van der Waals surface area contributed by atoms with Crippen molar-refractivity contribution in [1.82, 2.24) is 19.7 Å². The summed E-state index contributed by atoms with van der Waals surface area (Å²) in [5, 5.41) is 0. The summed E-state index contributed by atoms with van der Waals surface area (Å²) in [6, 6.07) is 6.33. The molecule has 4 rings (SSSR count). The molecule has 0 aliphatic carbocycles. The van der Waals surface area contributed by atoms with Crippen molar-refractivity contribution in [3.8, 4) is 11.5 Å². The predicted octanol–water partition coefficient (Wildman–Crippen LogP) is 3.09. The van der Waals surface area contributed by atoms with Gasteiger partial charge in [-0.1, -0.05) is 17.7 Å². The second-order valence-corrected chi connectivity index (χ2v) is 8.46. The summed E-state index contributed by atoms with van der Waals surface area (Å²) in [7, 11) is 0. The topological polar surface area (TPSA) is 52.8 Å². The number of amides is 1. The van der Waals surface area contributed by atoms with Crippen LogP contribution in [-0.4, -0.2) is 71.4 Å². The molecule has 0 N–H and O–H groups in total. The number of aryl methyl sites for hydroxylation is 2. The van der Waals surface area contributed by atoms with E-state index in [1.807, 2.05) is 4.90 Å². The molecule has 1 amide bonds.